The summed E-state index contributed by atoms with van der Waals surface area (Å²) in [5, 5.41) is 4.39. The van der Waals surface area contributed by atoms with Crippen molar-refractivity contribution in [2.75, 3.05) is 13.7 Å². The number of nitrogens with one attached hydrogen (secondary N) is 1. The molecule has 0 unspecified atom stereocenters. The van der Waals surface area contributed by atoms with Crippen molar-refractivity contribution in [1.29, 1.82) is 0 Å². The molecule has 0 bridgehead atoms. The van der Waals surface area contributed by atoms with Gasteiger partial charge in [0.15, 0.2) is 6.61 Å². The van der Waals surface area contributed by atoms with Gasteiger partial charge >= 0.3 is 0 Å². The number of amides is 1. The fourth-order valence-corrected chi connectivity index (χ4v) is 2.86. The van der Waals surface area contributed by atoms with Crippen LogP contribution in [0.2, 0.25) is 5.02 Å². The molecule has 0 aliphatic heterocycles. The molecule has 0 atom stereocenters. The number of aryl methyl sites for hydroxylation is 2. The van der Waals surface area contributed by atoms with E-state index in [1.165, 1.54) is 6.21 Å². The van der Waals surface area contributed by atoms with Crippen molar-refractivity contribution in [3.8, 4) is 22.8 Å². The first-order valence-electron chi connectivity index (χ1n) is 8.92. The third-order valence-corrected chi connectivity index (χ3v) is 4.44. The van der Waals surface area contributed by atoms with Gasteiger partial charge in [-0.2, -0.15) is 5.10 Å². The number of rotatable bonds is 7. The molecule has 0 fully saturated rings. The summed E-state index contributed by atoms with van der Waals surface area (Å²) in [6.45, 7) is 3.76. The second kappa shape index (κ2) is 9.30. The number of furan rings is 1. The molecule has 1 N–H and O–H groups in total. The second-order valence-electron chi connectivity index (χ2n) is 6.40. The van der Waals surface area contributed by atoms with E-state index < -0.39 is 0 Å². The molecule has 0 saturated carbocycles. The Morgan fingerprint density at radius 2 is 1.97 bits per heavy atom. The number of carbonyl (C=O) groups excluding carboxylic acids is 1. The summed E-state index contributed by atoms with van der Waals surface area (Å²) >= 11 is 6.14. The molecule has 150 valence electrons. The quantitative estimate of drug-likeness (QED) is 0.448. The Labute approximate surface area is 174 Å². The molecule has 2 aromatic carbocycles. The third-order valence-electron chi connectivity index (χ3n) is 4.15. The zero-order valence-electron chi connectivity index (χ0n) is 16.4. The highest BCUT2D eigenvalue weighted by atomic mass is 35.5. The predicted octanol–water partition coefficient (Wildman–Crippen LogP) is 4.75. The lowest BCUT2D eigenvalue weighted by Crippen LogP contribution is -2.24. The first-order valence-corrected chi connectivity index (χ1v) is 9.30. The van der Waals surface area contributed by atoms with Crippen LogP contribution in [-0.4, -0.2) is 25.8 Å². The molecule has 0 aliphatic rings. The van der Waals surface area contributed by atoms with Crippen LogP contribution in [0.1, 0.15) is 16.9 Å². The van der Waals surface area contributed by atoms with Crippen molar-refractivity contribution in [1.82, 2.24) is 5.43 Å². The number of nitrogens with zero attached hydrogens (tertiary/aromatic N) is 1. The topological polar surface area (TPSA) is 73.1 Å². The van der Waals surface area contributed by atoms with E-state index in [9.17, 15) is 4.79 Å². The van der Waals surface area contributed by atoms with Crippen LogP contribution < -0.4 is 14.9 Å². The number of methoxy groups -OCH3 is 1. The number of carbonyl (C=O) groups is 1. The number of hydrazone groups is 1. The average molecular weight is 413 g/mol. The van der Waals surface area contributed by atoms with Crippen molar-refractivity contribution < 1.29 is 18.7 Å². The van der Waals surface area contributed by atoms with Crippen LogP contribution in [0.4, 0.5) is 0 Å². The molecule has 1 aromatic heterocycles. The lowest BCUT2D eigenvalue weighted by Gasteiger charge is -2.08. The maximum absolute atomic E-state index is 11.9. The first-order chi connectivity index (χ1) is 14.0. The number of halogens is 1. The zero-order valence-corrected chi connectivity index (χ0v) is 17.1. The van der Waals surface area contributed by atoms with Crippen molar-refractivity contribution >= 4 is 23.7 Å². The summed E-state index contributed by atoms with van der Waals surface area (Å²) in [6.07, 6.45) is 1.42. The van der Waals surface area contributed by atoms with Gasteiger partial charge in [-0.1, -0.05) is 23.7 Å². The summed E-state index contributed by atoms with van der Waals surface area (Å²) in [7, 11) is 1.56. The number of benzene rings is 2. The summed E-state index contributed by atoms with van der Waals surface area (Å²) < 4.78 is 16.4. The lowest BCUT2D eigenvalue weighted by atomic mass is 10.1. The highest BCUT2D eigenvalue weighted by Crippen LogP contribution is 2.30. The minimum Gasteiger partial charge on any atom is -0.495 e. The van der Waals surface area contributed by atoms with Crippen molar-refractivity contribution in [2.24, 2.45) is 5.10 Å². The Morgan fingerprint density at radius 1 is 1.14 bits per heavy atom. The van der Waals surface area contributed by atoms with E-state index in [1.54, 1.807) is 31.4 Å². The molecule has 3 aromatic rings. The van der Waals surface area contributed by atoms with Gasteiger partial charge in [0.05, 0.1) is 18.3 Å². The second-order valence-corrected chi connectivity index (χ2v) is 6.81. The predicted molar refractivity (Wildman–Crippen MR) is 113 cm³/mol. The Bertz CT molecular complexity index is 1040. The number of hydrogen-bond acceptors (Lipinski definition) is 5. The first kappa shape index (κ1) is 20.5. The van der Waals surface area contributed by atoms with E-state index in [-0.39, 0.29) is 12.5 Å². The van der Waals surface area contributed by atoms with Crippen LogP contribution in [0, 0.1) is 13.8 Å². The van der Waals surface area contributed by atoms with E-state index in [1.807, 2.05) is 38.1 Å². The van der Waals surface area contributed by atoms with Gasteiger partial charge < -0.3 is 13.9 Å². The lowest BCUT2D eigenvalue weighted by molar-refractivity contribution is -0.123. The molecule has 0 saturated heterocycles. The highest BCUT2D eigenvalue weighted by molar-refractivity contribution is 6.32. The van der Waals surface area contributed by atoms with Gasteiger partial charge in [-0.15, -0.1) is 0 Å². The average Bonchev–Trinajstić information content (AvgIpc) is 3.17. The number of hydrogen-bond donors (Lipinski definition) is 1. The van der Waals surface area contributed by atoms with E-state index >= 15 is 0 Å². The molecule has 7 heteroatoms. The van der Waals surface area contributed by atoms with Crippen LogP contribution in [-0.2, 0) is 4.79 Å². The smallest absolute Gasteiger partial charge is 0.277 e. The van der Waals surface area contributed by atoms with Gasteiger partial charge in [-0.3, -0.25) is 4.79 Å². The summed E-state index contributed by atoms with van der Waals surface area (Å²) in [4.78, 5) is 11.9. The largest absolute Gasteiger partial charge is 0.495 e. The normalized spacial score (nSPS) is 10.9. The van der Waals surface area contributed by atoms with Crippen LogP contribution in [0.15, 0.2) is 58.0 Å². The van der Waals surface area contributed by atoms with E-state index in [0.29, 0.717) is 28.0 Å². The molecule has 6 nitrogen and oxygen atoms in total. The van der Waals surface area contributed by atoms with Gasteiger partial charge in [0.25, 0.3) is 5.91 Å². The van der Waals surface area contributed by atoms with Gasteiger partial charge in [0, 0.05) is 5.56 Å². The summed E-state index contributed by atoms with van der Waals surface area (Å²) in [6, 6.07) is 14.7. The van der Waals surface area contributed by atoms with Crippen molar-refractivity contribution in [3.63, 3.8) is 0 Å². The van der Waals surface area contributed by atoms with E-state index in [4.69, 9.17) is 25.5 Å². The van der Waals surface area contributed by atoms with Crippen LogP contribution in [0.25, 0.3) is 11.3 Å². The van der Waals surface area contributed by atoms with E-state index in [2.05, 4.69) is 10.5 Å². The SMILES string of the molecule is COc1ccc(-c2ccc(/C=N\NC(=O)COc3cc(C)ccc3C)o2)cc1Cl. The Morgan fingerprint density at radius 3 is 2.72 bits per heavy atom. The fourth-order valence-electron chi connectivity index (χ4n) is 2.60. The molecule has 0 radical (unpaired) electrons. The maximum Gasteiger partial charge on any atom is 0.277 e. The van der Waals surface area contributed by atoms with Gasteiger partial charge in [0.2, 0.25) is 0 Å². The molecular weight excluding hydrogens is 392 g/mol. The standard InChI is InChI=1S/C22H21ClN2O4/c1-14-4-5-15(2)21(10-14)28-13-22(26)25-24-12-17-7-9-19(29-17)16-6-8-20(27-3)18(23)11-16/h4-12H,13H2,1-3H3,(H,25,26)/b24-12-. The maximum atomic E-state index is 11.9. The Hall–Kier alpha value is -3.25. The van der Waals surface area contributed by atoms with Crippen LogP contribution in [0.3, 0.4) is 0 Å². The molecular formula is C22H21ClN2O4. The molecule has 1 amide bonds. The van der Waals surface area contributed by atoms with E-state index in [0.717, 1.165) is 16.7 Å². The number of ether oxygens (including phenoxy) is 2. The van der Waals surface area contributed by atoms with Crippen LogP contribution in [0.5, 0.6) is 11.5 Å². The Kier molecular flexibility index (Phi) is 6.57. The molecule has 0 aliphatic carbocycles. The van der Waals surface area contributed by atoms with Gasteiger partial charge in [-0.25, -0.2) is 5.43 Å². The highest BCUT2D eigenvalue weighted by Gasteiger charge is 2.08. The Balaban J connectivity index is 1.55. The van der Waals surface area contributed by atoms with Gasteiger partial charge in [-0.05, 0) is 61.4 Å². The minimum absolute atomic E-state index is 0.130. The van der Waals surface area contributed by atoms with Crippen molar-refractivity contribution in [2.45, 2.75) is 13.8 Å². The fraction of sp³-hybridized carbons (Fsp3) is 0.182. The monoisotopic (exact) mass is 412 g/mol. The molecule has 29 heavy (non-hydrogen) atoms. The molecule has 0 spiro atoms. The van der Waals surface area contributed by atoms with Gasteiger partial charge in [0.1, 0.15) is 23.0 Å². The van der Waals surface area contributed by atoms with Crippen molar-refractivity contribution in [3.05, 3.63) is 70.4 Å². The zero-order chi connectivity index (χ0) is 20.8. The van der Waals surface area contributed by atoms with Crippen LogP contribution >= 0.6 is 11.6 Å². The summed E-state index contributed by atoms with van der Waals surface area (Å²) in [5.74, 6) is 2.02. The molecule has 3 rings (SSSR count). The molecule has 1 heterocycles. The summed E-state index contributed by atoms with van der Waals surface area (Å²) in [5.41, 5.74) is 5.26. The third kappa shape index (κ3) is 5.39. The minimum atomic E-state index is -0.365.